The van der Waals surface area contributed by atoms with Crippen molar-refractivity contribution in [2.45, 2.75) is 32.2 Å². The summed E-state index contributed by atoms with van der Waals surface area (Å²) in [5.41, 5.74) is 2.24. The van der Waals surface area contributed by atoms with Crippen LogP contribution < -0.4 is 5.32 Å². The van der Waals surface area contributed by atoms with E-state index in [9.17, 15) is 0 Å². The zero-order valence-corrected chi connectivity index (χ0v) is 12.2. The van der Waals surface area contributed by atoms with Gasteiger partial charge in [0.15, 0.2) is 0 Å². The van der Waals surface area contributed by atoms with Gasteiger partial charge < -0.3 is 5.32 Å². The van der Waals surface area contributed by atoms with Crippen LogP contribution in [0, 0.1) is 11.8 Å². The SMILES string of the molecule is CNC(c1cnnn1-c1ccccc1)C1CCCC1C. The summed E-state index contributed by atoms with van der Waals surface area (Å²) >= 11 is 0. The van der Waals surface area contributed by atoms with Gasteiger partial charge in [-0.15, -0.1) is 5.10 Å². The van der Waals surface area contributed by atoms with Crippen LogP contribution in [0.1, 0.15) is 37.9 Å². The van der Waals surface area contributed by atoms with Gasteiger partial charge in [0.05, 0.1) is 23.6 Å². The highest BCUT2D eigenvalue weighted by Gasteiger charge is 2.33. The highest BCUT2D eigenvalue weighted by molar-refractivity contribution is 5.32. The van der Waals surface area contributed by atoms with Gasteiger partial charge in [-0.05, 0) is 37.4 Å². The molecule has 1 saturated carbocycles. The highest BCUT2D eigenvalue weighted by atomic mass is 15.4. The van der Waals surface area contributed by atoms with Gasteiger partial charge in [-0.25, -0.2) is 4.68 Å². The number of benzene rings is 1. The van der Waals surface area contributed by atoms with E-state index in [4.69, 9.17) is 0 Å². The maximum atomic E-state index is 4.28. The van der Waals surface area contributed by atoms with Crippen molar-refractivity contribution in [2.24, 2.45) is 11.8 Å². The predicted molar refractivity (Wildman–Crippen MR) is 79.7 cm³/mol. The summed E-state index contributed by atoms with van der Waals surface area (Å²) in [6.45, 7) is 2.36. The summed E-state index contributed by atoms with van der Waals surface area (Å²) in [6, 6.07) is 10.6. The number of hydrogen-bond acceptors (Lipinski definition) is 3. The fourth-order valence-corrected chi connectivity index (χ4v) is 3.48. The van der Waals surface area contributed by atoms with Crippen LogP contribution in [0.4, 0.5) is 0 Å². The minimum Gasteiger partial charge on any atom is -0.311 e. The van der Waals surface area contributed by atoms with Gasteiger partial charge in [-0.1, -0.05) is 43.2 Å². The molecule has 0 bridgehead atoms. The third kappa shape index (κ3) is 2.36. The normalized spacial score (nSPS) is 23.9. The number of nitrogens with one attached hydrogen (secondary N) is 1. The molecule has 1 aliphatic rings. The summed E-state index contributed by atoms with van der Waals surface area (Å²) in [5, 5.41) is 11.9. The molecule has 4 nitrogen and oxygen atoms in total. The van der Waals surface area contributed by atoms with E-state index in [-0.39, 0.29) is 0 Å². The van der Waals surface area contributed by atoms with Crippen molar-refractivity contribution < 1.29 is 0 Å². The van der Waals surface area contributed by atoms with Gasteiger partial charge in [0.2, 0.25) is 0 Å². The Kier molecular flexibility index (Phi) is 3.83. The Morgan fingerprint density at radius 3 is 2.70 bits per heavy atom. The molecule has 0 spiro atoms. The fraction of sp³-hybridized carbons (Fsp3) is 0.500. The highest BCUT2D eigenvalue weighted by Crippen LogP contribution is 2.39. The lowest BCUT2D eigenvalue weighted by atomic mass is 9.88. The van der Waals surface area contributed by atoms with Crippen LogP contribution in [-0.4, -0.2) is 22.0 Å². The molecule has 0 saturated heterocycles. The number of aromatic nitrogens is 3. The fourth-order valence-electron chi connectivity index (χ4n) is 3.48. The number of rotatable bonds is 4. The van der Waals surface area contributed by atoms with Crippen molar-refractivity contribution in [2.75, 3.05) is 7.05 Å². The van der Waals surface area contributed by atoms with Crippen LogP contribution in [0.25, 0.3) is 5.69 Å². The molecule has 0 amide bonds. The smallest absolute Gasteiger partial charge is 0.0818 e. The molecular formula is C16H22N4. The second-order valence-corrected chi connectivity index (χ2v) is 5.74. The van der Waals surface area contributed by atoms with E-state index in [1.807, 2.05) is 36.1 Å². The van der Waals surface area contributed by atoms with E-state index in [1.54, 1.807) is 0 Å². The molecule has 1 aromatic carbocycles. The summed E-state index contributed by atoms with van der Waals surface area (Å²) in [4.78, 5) is 0. The third-order valence-corrected chi connectivity index (χ3v) is 4.56. The van der Waals surface area contributed by atoms with Gasteiger partial charge in [0.25, 0.3) is 0 Å². The van der Waals surface area contributed by atoms with Crippen LogP contribution in [0.15, 0.2) is 36.5 Å². The molecule has 2 aromatic rings. The summed E-state index contributed by atoms with van der Waals surface area (Å²) in [5.74, 6) is 1.42. The molecule has 1 fully saturated rings. The van der Waals surface area contributed by atoms with E-state index >= 15 is 0 Å². The Morgan fingerprint density at radius 2 is 2.05 bits per heavy atom. The first kappa shape index (κ1) is 13.3. The van der Waals surface area contributed by atoms with E-state index in [2.05, 4.69) is 34.7 Å². The maximum absolute atomic E-state index is 4.28. The van der Waals surface area contributed by atoms with E-state index < -0.39 is 0 Å². The Bertz CT molecular complexity index is 549. The Labute approximate surface area is 120 Å². The van der Waals surface area contributed by atoms with E-state index in [0.717, 1.165) is 17.3 Å². The average molecular weight is 270 g/mol. The second kappa shape index (κ2) is 5.75. The first-order valence-corrected chi connectivity index (χ1v) is 7.44. The maximum Gasteiger partial charge on any atom is 0.0818 e. The lowest BCUT2D eigenvalue weighted by Crippen LogP contribution is -2.29. The quantitative estimate of drug-likeness (QED) is 0.928. The lowest BCUT2D eigenvalue weighted by molar-refractivity contribution is 0.306. The summed E-state index contributed by atoms with van der Waals surface area (Å²) in [6.07, 6.45) is 5.85. The molecule has 20 heavy (non-hydrogen) atoms. The van der Waals surface area contributed by atoms with E-state index in [0.29, 0.717) is 12.0 Å². The largest absolute Gasteiger partial charge is 0.311 e. The standard InChI is InChI=1S/C16H22N4/c1-12-7-6-10-14(12)16(17-2)15-11-18-19-20(15)13-8-4-3-5-9-13/h3-5,8-9,11-12,14,16-17H,6-7,10H2,1-2H3. The van der Waals surface area contributed by atoms with Crippen LogP contribution >= 0.6 is 0 Å². The number of hydrogen-bond donors (Lipinski definition) is 1. The topological polar surface area (TPSA) is 42.7 Å². The molecule has 1 N–H and O–H groups in total. The molecule has 0 aliphatic heterocycles. The summed E-state index contributed by atoms with van der Waals surface area (Å²) in [7, 11) is 2.04. The Hall–Kier alpha value is -1.68. The van der Waals surface area contributed by atoms with Crippen molar-refractivity contribution in [3.05, 3.63) is 42.2 Å². The zero-order chi connectivity index (χ0) is 13.9. The van der Waals surface area contributed by atoms with Gasteiger partial charge in [-0.3, -0.25) is 0 Å². The van der Waals surface area contributed by atoms with Gasteiger partial charge in [-0.2, -0.15) is 0 Å². The van der Waals surface area contributed by atoms with Crippen molar-refractivity contribution >= 4 is 0 Å². The van der Waals surface area contributed by atoms with Crippen molar-refractivity contribution in [1.82, 2.24) is 20.3 Å². The Morgan fingerprint density at radius 1 is 1.25 bits per heavy atom. The van der Waals surface area contributed by atoms with E-state index in [1.165, 1.54) is 19.3 Å². The molecule has 3 atom stereocenters. The second-order valence-electron chi connectivity index (χ2n) is 5.74. The van der Waals surface area contributed by atoms with Crippen molar-refractivity contribution in [1.29, 1.82) is 0 Å². The summed E-state index contributed by atoms with van der Waals surface area (Å²) < 4.78 is 1.96. The monoisotopic (exact) mass is 270 g/mol. The molecule has 3 rings (SSSR count). The molecular weight excluding hydrogens is 248 g/mol. The van der Waals surface area contributed by atoms with Crippen LogP contribution in [0.5, 0.6) is 0 Å². The first-order valence-electron chi connectivity index (χ1n) is 7.44. The molecule has 106 valence electrons. The van der Waals surface area contributed by atoms with Gasteiger partial charge >= 0.3 is 0 Å². The molecule has 1 heterocycles. The molecule has 1 aliphatic carbocycles. The van der Waals surface area contributed by atoms with Crippen LogP contribution in [0.2, 0.25) is 0 Å². The molecule has 4 heteroatoms. The van der Waals surface area contributed by atoms with Crippen LogP contribution in [0.3, 0.4) is 0 Å². The molecule has 0 radical (unpaired) electrons. The predicted octanol–water partition coefficient (Wildman–Crippen LogP) is 2.96. The minimum absolute atomic E-state index is 0.322. The van der Waals surface area contributed by atoms with Gasteiger partial charge in [0, 0.05) is 0 Å². The lowest BCUT2D eigenvalue weighted by Gasteiger charge is -2.26. The third-order valence-electron chi connectivity index (χ3n) is 4.56. The van der Waals surface area contributed by atoms with Crippen LogP contribution in [-0.2, 0) is 0 Å². The molecule has 3 unspecified atom stereocenters. The first-order chi connectivity index (χ1) is 9.81. The number of nitrogens with zero attached hydrogens (tertiary/aromatic N) is 3. The molecule has 1 aromatic heterocycles. The van der Waals surface area contributed by atoms with Crippen molar-refractivity contribution in [3.8, 4) is 5.69 Å². The van der Waals surface area contributed by atoms with Gasteiger partial charge in [0.1, 0.15) is 0 Å². The van der Waals surface area contributed by atoms with Crippen molar-refractivity contribution in [3.63, 3.8) is 0 Å². The average Bonchev–Trinajstić information content (AvgIpc) is 3.11. The number of para-hydroxylation sites is 1. The Balaban J connectivity index is 1.95. The minimum atomic E-state index is 0.322. The zero-order valence-electron chi connectivity index (χ0n) is 12.2.